The second-order valence-corrected chi connectivity index (χ2v) is 3.58. The highest BCUT2D eigenvalue weighted by Crippen LogP contribution is 2.23. The Morgan fingerprint density at radius 2 is 2.07 bits per heavy atom. The Labute approximate surface area is 85.9 Å². The predicted octanol–water partition coefficient (Wildman–Crippen LogP) is 1.32. The highest BCUT2D eigenvalue weighted by Gasteiger charge is 2.14. The van der Waals surface area contributed by atoms with E-state index >= 15 is 0 Å². The molecule has 1 aromatic heterocycles. The van der Waals surface area contributed by atoms with Crippen molar-refractivity contribution in [1.29, 1.82) is 0 Å². The minimum atomic E-state index is -1.09. The molecule has 0 fully saturated rings. The van der Waals surface area contributed by atoms with Crippen molar-refractivity contribution in [3.8, 4) is 0 Å². The van der Waals surface area contributed by atoms with Gasteiger partial charge < -0.3 is 15.1 Å². The summed E-state index contributed by atoms with van der Waals surface area (Å²) in [6.45, 7) is 0. The van der Waals surface area contributed by atoms with Crippen LogP contribution >= 0.6 is 15.9 Å². The molecule has 5 nitrogen and oxygen atoms in total. The van der Waals surface area contributed by atoms with Gasteiger partial charge in [0.05, 0.1) is 16.6 Å². The molecule has 0 atom stereocenters. The molecule has 0 saturated heterocycles. The zero-order chi connectivity index (χ0) is 10.3. The van der Waals surface area contributed by atoms with Crippen LogP contribution in [0.1, 0.15) is 10.4 Å². The molecule has 0 bridgehead atoms. The average Bonchev–Trinajstić information content (AvgIpc) is 2.43. The average molecular weight is 257 g/mol. The fraction of sp³-hybridized carbons (Fsp3) is 0. The number of nitrogens with one attached hydrogen (secondary N) is 2. The van der Waals surface area contributed by atoms with Gasteiger partial charge in [-0.3, -0.25) is 0 Å². The van der Waals surface area contributed by atoms with E-state index in [1.165, 1.54) is 0 Å². The first-order valence-electron chi connectivity index (χ1n) is 3.73. The van der Waals surface area contributed by atoms with Crippen molar-refractivity contribution < 1.29 is 9.90 Å². The summed E-state index contributed by atoms with van der Waals surface area (Å²) in [5.41, 5.74) is 0.425. The standard InChI is InChI=1S/C8H5BrN2O3/c9-3-1-2-4-6(5(3)7(12)13)11-8(14)10-4/h1-2H,(H,12,13)(H2,10,11,14). The molecule has 1 heterocycles. The molecule has 0 unspecified atom stereocenters. The lowest BCUT2D eigenvalue weighted by molar-refractivity contribution is 0.0698. The van der Waals surface area contributed by atoms with Gasteiger partial charge in [0.2, 0.25) is 0 Å². The molecule has 0 radical (unpaired) electrons. The van der Waals surface area contributed by atoms with E-state index in [0.717, 1.165) is 0 Å². The minimum Gasteiger partial charge on any atom is -0.478 e. The van der Waals surface area contributed by atoms with Crippen molar-refractivity contribution >= 4 is 32.9 Å². The Balaban J connectivity index is 2.95. The topological polar surface area (TPSA) is 85.9 Å². The third kappa shape index (κ3) is 1.24. The van der Waals surface area contributed by atoms with Gasteiger partial charge in [-0.25, -0.2) is 9.59 Å². The number of carbonyl (C=O) groups is 1. The van der Waals surface area contributed by atoms with Crippen LogP contribution < -0.4 is 5.69 Å². The summed E-state index contributed by atoms with van der Waals surface area (Å²) < 4.78 is 0.438. The third-order valence-corrected chi connectivity index (χ3v) is 2.52. The second kappa shape index (κ2) is 2.98. The lowest BCUT2D eigenvalue weighted by atomic mass is 10.2. The third-order valence-electron chi connectivity index (χ3n) is 1.86. The Morgan fingerprint density at radius 3 is 2.71 bits per heavy atom. The summed E-state index contributed by atoms with van der Waals surface area (Å²) >= 11 is 3.11. The van der Waals surface area contributed by atoms with E-state index in [1.807, 2.05) is 0 Å². The van der Waals surface area contributed by atoms with Crippen molar-refractivity contribution in [1.82, 2.24) is 9.97 Å². The molecular formula is C8H5BrN2O3. The molecule has 2 aromatic rings. The molecule has 72 valence electrons. The van der Waals surface area contributed by atoms with E-state index in [0.29, 0.717) is 15.5 Å². The number of hydrogen-bond donors (Lipinski definition) is 3. The molecule has 1 aromatic carbocycles. The van der Waals surface area contributed by atoms with Gasteiger partial charge in [-0.1, -0.05) is 0 Å². The Hall–Kier alpha value is -1.56. The number of H-pyrrole nitrogens is 2. The molecule has 0 aliphatic heterocycles. The summed E-state index contributed by atoms with van der Waals surface area (Å²) in [7, 11) is 0. The molecule has 6 heteroatoms. The van der Waals surface area contributed by atoms with E-state index in [-0.39, 0.29) is 5.56 Å². The van der Waals surface area contributed by atoms with Crippen LogP contribution in [0.25, 0.3) is 11.0 Å². The number of aromatic amines is 2. The van der Waals surface area contributed by atoms with Crippen molar-refractivity contribution in [2.45, 2.75) is 0 Å². The van der Waals surface area contributed by atoms with Crippen molar-refractivity contribution in [3.05, 3.63) is 32.7 Å². The fourth-order valence-electron chi connectivity index (χ4n) is 1.29. The van der Waals surface area contributed by atoms with Gasteiger partial charge in [-0.2, -0.15) is 0 Å². The van der Waals surface area contributed by atoms with E-state index in [9.17, 15) is 9.59 Å². The van der Waals surface area contributed by atoms with Gasteiger partial charge >= 0.3 is 11.7 Å². The van der Waals surface area contributed by atoms with Crippen LogP contribution in [0.3, 0.4) is 0 Å². The van der Waals surface area contributed by atoms with Crippen LogP contribution in [0.4, 0.5) is 0 Å². The normalized spacial score (nSPS) is 10.6. The Bertz CT molecular complexity index is 569. The zero-order valence-corrected chi connectivity index (χ0v) is 8.38. The lowest BCUT2D eigenvalue weighted by Crippen LogP contribution is -2.02. The number of hydrogen-bond acceptors (Lipinski definition) is 2. The summed E-state index contributed by atoms with van der Waals surface area (Å²) in [6, 6.07) is 3.21. The van der Waals surface area contributed by atoms with E-state index in [2.05, 4.69) is 25.9 Å². The summed E-state index contributed by atoms with van der Waals surface area (Å²) in [6.07, 6.45) is 0. The maximum Gasteiger partial charge on any atom is 0.339 e. The van der Waals surface area contributed by atoms with Crippen LogP contribution in [0, 0.1) is 0 Å². The van der Waals surface area contributed by atoms with Gasteiger partial charge in [-0.05, 0) is 28.1 Å². The van der Waals surface area contributed by atoms with Gasteiger partial charge in [0.1, 0.15) is 0 Å². The van der Waals surface area contributed by atoms with Crippen molar-refractivity contribution in [2.75, 3.05) is 0 Å². The van der Waals surface area contributed by atoms with Gasteiger partial charge in [0.25, 0.3) is 0 Å². The maximum absolute atomic E-state index is 11.0. The van der Waals surface area contributed by atoms with Crippen LogP contribution in [0.15, 0.2) is 21.4 Å². The number of aromatic nitrogens is 2. The largest absolute Gasteiger partial charge is 0.478 e. The highest BCUT2D eigenvalue weighted by atomic mass is 79.9. The molecule has 0 spiro atoms. The first kappa shape index (κ1) is 9.01. The highest BCUT2D eigenvalue weighted by molar-refractivity contribution is 9.10. The first-order chi connectivity index (χ1) is 6.59. The lowest BCUT2D eigenvalue weighted by Gasteiger charge is -1.99. The SMILES string of the molecule is O=C(O)c1c(Br)ccc2[nH]c(=O)[nH]c12. The van der Waals surface area contributed by atoms with Crippen LogP contribution in [0.5, 0.6) is 0 Å². The molecule has 14 heavy (non-hydrogen) atoms. The molecule has 0 aliphatic rings. The number of imidazole rings is 1. The smallest absolute Gasteiger partial charge is 0.339 e. The van der Waals surface area contributed by atoms with Gasteiger partial charge in [-0.15, -0.1) is 0 Å². The maximum atomic E-state index is 11.0. The molecule has 3 N–H and O–H groups in total. The Morgan fingerprint density at radius 1 is 1.36 bits per heavy atom. The first-order valence-corrected chi connectivity index (χ1v) is 4.52. The number of aromatic carboxylic acids is 1. The van der Waals surface area contributed by atoms with Crippen LogP contribution in [0.2, 0.25) is 0 Å². The van der Waals surface area contributed by atoms with Crippen molar-refractivity contribution in [2.24, 2.45) is 0 Å². The molecule has 0 saturated carbocycles. The number of carboxylic acid groups (broad SMARTS) is 1. The quantitative estimate of drug-likeness (QED) is 0.720. The number of fused-ring (bicyclic) bond motifs is 1. The van der Waals surface area contributed by atoms with Gasteiger partial charge in [0.15, 0.2) is 0 Å². The number of rotatable bonds is 1. The van der Waals surface area contributed by atoms with Crippen molar-refractivity contribution in [3.63, 3.8) is 0 Å². The number of halogens is 1. The Kier molecular flexibility index (Phi) is 1.92. The molecule has 0 amide bonds. The number of benzene rings is 1. The fourth-order valence-corrected chi connectivity index (χ4v) is 1.79. The van der Waals surface area contributed by atoms with E-state index in [1.54, 1.807) is 12.1 Å². The van der Waals surface area contributed by atoms with Crippen LogP contribution in [-0.4, -0.2) is 21.0 Å². The monoisotopic (exact) mass is 256 g/mol. The predicted molar refractivity (Wildman–Crippen MR) is 53.6 cm³/mol. The minimum absolute atomic E-state index is 0.0563. The van der Waals surface area contributed by atoms with E-state index in [4.69, 9.17) is 5.11 Å². The summed E-state index contributed by atoms with van der Waals surface area (Å²) in [5.74, 6) is -1.09. The summed E-state index contributed by atoms with van der Waals surface area (Å²) in [4.78, 5) is 26.7. The van der Waals surface area contributed by atoms with E-state index < -0.39 is 11.7 Å². The zero-order valence-electron chi connectivity index (χ0n) is 6.80. The molecule has 2 rings (SSSR count). The van der Waals surface area contributed by atoms with Crippen LogP contribution in [-0.2, 0) is 0 Å². The molecular weight excluding hydrogens is 252 g/mol. The summed E-state index contributed by atoms with van der Waals surface area (Å²) in [5, 5.41) is 8.91. The van der Waals surface area contributed by atoms with Gasteiger partial charge in [0, 0.05) is 4.47 Å². The molecule has 0 aliphatic carbocycles. The second-order valence-electron chi connectivity index (χ2n) is 2.73. The number of carboxylic acids is 1.